The van der Waals surface area contributed by atoms with Gasteiger partial charge in [0.05, 0.1) is 18.2 Å². The number of anilines is 2. The van der Waals surface area contributed by atoms with Gasteiger partial charge in [0.25, 0.3) is 0 Å². The largest absolute Gasteiger partial charge is 0.399 e. The summed E-state index contributed by atoms with van der Waals surface area (Å²) in [6.07, 6.45) is 1.47. The molecule has 2 fully saturated rings. The van der Waals surface area contributed by atoms with Crippen molar-refractivity contribution in [2.75, 3.05) is 36.9 Å². The molecule has 2 aromatic carbocycles. The number of benzene rings is 2. The Morgan fingerprint density at radius 2 is 1.78 bits per heavy atom. The van der Waals surface area contributed by atoms with Gasteiger partial charge in [0.1, 0.15) is 28.1 Å². The lowest BCUT2D eigenvalue weighted by molar-refractivity contribution is 0.122. The maximum absolute atomic E-state index is 13.7. The van der Waals surface area contributed by atoms with Crippen molar-refractivity contribution in [2.24, 2.45) is 0 Å². The van der Waals surface area contributed by atoms with Crippen molar-refractivity contribution in [3.8, 4) is 11.4 Å². The molecule has 0 spiro atoms. The Labute approximate surface area is 193 Å². The van der Waals surface area contributed by atoms with Gasteiger partial charge in [0.15, 0.2) is 15.5 Å². The van der Waals surface area contributed by atoms with Crippen LogP contribution in [0.15, 0.2) is 53.4 Å². The van der Waals surface area contributed by atoms with Crippen molar-refractivity contribution in [3.63, 3.8) is 0 Å². The highest BCUT2D eigenvalue weighted by Gasteiger charge is 2.58. The fraction of sp³-hybridized carbons (Fsp3) is 0.304. The van der Waals surface area contributed by atoms with Crippen LogP contribution in [0.5, 0.6) is 0 Å². The second-order valence-corrected chi connectivity index (χ2v) is 10.4. The predicted octanol–water partition coefficient (Wildman–Crippen LogP) is 4.10. The second-order valence-electron chi connectivity index (χ2n) is 8.08. The standard InChI is InChI=1S/C23H22ClFN4O2S/c24-18-13-17(5-6-19(18)25)32(30)23(7-8-23)20-14-21(29-9-11-31-12-10-29)28-22(27-20)15-1-3-16(26)4-2-15/h1-6,13-14H,7-12,26H2/p+1. The van der Waals surface area contributed by atoms with Crippen molar-refractivity contribution in [3.05, 3.63) is 65.1 Å². The molecule has 6 nitrogen and oxygen atoms in total. The van der Waals surface area contributed by atoms with E-state index in [4.69, 9.17) is 32.0 Å². The van der Waals surface area contributed by atoms with E-state index in [0.29, 0.717) is 29.6 Å². The van der Waals surface area contributed by atoms with Gasteiger partial charge in [-0.05, 0) is 36.4 Å². The average Bonchev–Trinajstić information content (AvgIpc) is 3.63. The predicted molar refractivity (Wildman–Crippen MR) is 125 cm³/mol. The molecule has 1 saturated carbocycles. The van der Waals surface area contributed by atoms with Gasteiger partial charge in [-0.15, -0.1) is 4.21 Å². The molecular formula is C23H23ClFN4O2S+. The highest BCUT2D eigenvalue weighted by atomic mass is 35.5. The molecule has 2 N–H and O–H groups in total. The molecule has 3 aromatic rings. The summed E-state index contributed by atoms with van der Waals surface area (Å²) in [5.74, 6) is 0.832. The third-order valence-electron chi connectivity index (χ3n) is 5.94. The number of aromatic nitrogens is 2. The van der Waals surface area contributed by atoms with Crippen molar-refractivity contribution < 1.29 is 13.3 Å². The van der Waals surface area contributed by atoms with Crippen LogP contribution in [0, 0.1) is 5.82 Å². The van der Waals surface area contributed by atoms with Crippen LogP contribution in [0.3, 0.4) is 0 Å². The highest BCUT2D eigenvalue weighted by Crippen LogP contribution is 2.53. The van der Waals surface area contributed by atoms with Crippen LogP contribution in [-0.2, 0) is 24.5 Å². The van der Waals surface area contributed by atoms with Crippen molar-refractivity contribution >= 4 is 33.9 Å². The number of hydrogen-bond acceptors (Lipinski definition) is 6. The molecule has 1 atom stereocenters. The topological polar surface area (TPSA) is 81.3 Å². The summed E-state index contributed by atoms with van der Waals surface area (Å²) in [5, 5.41) is -0.0269. The number of halogens is 2. The van der Waals surface area contributed by atoms with E-state index >= 15 is 0 Å². The van der Waals surface area contributed by atoms with Crippen LogP contribution in [-0.4, -0.2) is 36.3 Å². The third-order valence-corrected chi connectivity index (χ3v) is 8.43. The lowest BCUT2D eigenvalue weighted by atomic mass is 10.1. The molecule has 32 heavy (non-hydrogen) atoms. The fourth-order valence-corrected chi connectivity index (χ4v) is 5.98. The number of nitrogens with two attached hydrogens (primary N) is 1. The molecule has 0 amide bonds. The zero-order valence-electron chi connectivity index (χ0n) is 17.3. The molecule has 5 rings (SSSR count). The SMILES string of the molecule is Nc1ccc(-c2nc(N3CCOCC3)cc(C3([SH+](=O)c4ccc(F)c(Cl)c4)CC3)n2)cc1. The molecular weight excluding hydrogens is 451 g/mol. The van der Waals surface area contributed by atoms with E-state index in [2.05, 4.69) is 4.90 Å². The Kier molecular flexibility index (Phi) is 5.61. The monoisotopic (exact) mass is 473 g/mol. The minimum absolute atomic E-state index is 0.0269. The van der Waals surface area contributed by atoms with Crippen LogP contribution >= 0.6 is 11.6 Å². The highest BCUT2D eigenvalue weighted by molar-refractivity contribution is 7.86. The fourth-order valence-electron chi connectivity index (χ4n) is 3.93. The van der Waals surface area contributed by atoms with E-state index in [0.717, 1.165) is 43.0 Å². The summed E-state index contributed by atoms with van der Waals surface area (Å²) in [6, 6.07) is 13.6. The minimum atomic E-state index is -1.88. The van der Waals surface area contributed by atoms with Gasteiger partial charge < -0.3 is 15.4 Å². The number of morpholine rings is 1. The van der Waals surface area contributed by atoms with Gasteiger partial charge in [-0.2, -0.15) is 0 Å². The molecule has 0 radical (unpaired) electrons. The Balaban J connectivity index is 1.58. The van der Waals surface area contributed by atoms with E-state index in [1.807, 2.05) is 30.3 Å². The van der Waals surface area contributed by atoms with Gasteiger partial charge in [0, 0.05) is 49.3 Å². The van der Waals surface area contributed by atoms with Crippen LogP contribution in [0.1, 0.15) is 18.5 Å². The third kappa shape index (κ3) is 3.98. The van der Waals surface area contributed by atoms with Gasteiger partial charge >= 0.3 is 0 Å². The van der Waals surface area contributed by atoms with Crippen molar-refractivity contribution in [1.82, 2.24) is 9.97 Å². The van der Waals surface area contributed by atoms with Crippen LogP contribution < -0.4 is 10.6 Å². The maximum atomic E-state index is 13.7. The number of ether oxygens (including phenoxy) is 1. The molecule has 1 aliphatic carbocycles. The Morgan fingerprint density at radius 3 is 2.44 bits per heavy atom. The molecule has 9 heteroatoms. The maximum Gasteiger partial charge on any atom is 0.177 e. The number of hydrogen-bond donors (Lipinski definition) is 1. The molecule has 2 heterocycles. The van der Waals surface area contributed by atoms with E-state index in [-0.39, 0.29) is 5.02 Å². The first-order chi connectivity index (χ1) is 15.5. The van der Waals surface area contributed by atoms with Crippen molar-refractivity contribution in [2.45, 2.75) is 22.5 Å². The number of nitrogen functional groups attached to an aromatic ring is 1. The van der Waals surface area contributed by atoms with Crippen molar-refractivity contribution in [1.29, 1.82) is 0 Å². The Bertz CT molecular complexity index is 1180. The first-order valence-electron chi connectivity index (χ1n) is 10.5. The number of rotatable bonds is 5. The van der Waals surface area contributed by atoms with Crippen LogP contribution in [0.4, 0.5) is 15.9 Å². The number of nitrogens with zero attached hydrogens (tertiary/aromatic N) is 3. The molecule has 1 saturated heterocycles. The summed E-state index contributed by atoms with van der Waals surface area (Å²) in [5.41, 5.74) is 8.09. The first-order valence-corrected chi connectivity index (χ1v) is 12.1. The summed E-state index contributed by atoms with van der Waals surface area (Å²) in [7, 11) is -1.88. The summed E-state index contributed by atoms with van der Waals surface area (Å²) in [6.45, 7) is 2.71. The average molecular weight is 474 g/mol. The normalized spacial score (nSPS) is 18.4. The minimum Gasteiger partial charge on any atom is -0.399 e. The van der Waals surface area contributed by atoms with E-state index < -0.39 is 21.4 Å². The van der Waals surface area contributed by atoms with E-state index in [9.17, 15) is 8.60 Å². The molecule has 1 unspecified atom stereocenters. The van der Waals surface area contributed by atoms with E-state index in [1.54, 1.807) is 6.07 Å². The Hall–Kier alpha value is -2.55. The zero-order valence-corrected chi connectivity index (χ0v) is 19.0. The quantitative estimate of drug-likeness (QED) is 0.341. The molecule has 1 aliphatic heterocycles. The molecule has 0 bridgehead atoms. The lowest BCUT2D eigenvalue weighted by Crippen LogP contribution is -2.37. The van der Waals surface area contributed by atoms with Gasteiger partial charge in [-0.1, -0.05) is 11.6 Å². The van der Waals surface area contributed by atoms with Crippen LogP contribution in [0.2, 0.25) is 5.02 Å². The Morgan fingerprint density at radius 1 is 1.06 bits per heavy atom. The second kappa shape index (κ2) is 8.42. The summed E-state index contributed by atoms with van der Waals surface area (Å²) >= 11 is 5.96. The van der Waals surface area contributed by atoms with Crippen LogP contribution in [0.25, 0.3) is 11.4 Å². The number of thiol groups is 1. The molecule has 1 aromatic heterocycles. The van der Waals surface area contributed by atoms with Gasteiger partial charge in [-0.3, -0.25) is 0 Å². The summed E-state index contributed by atoms with van der Waals surface area (Å²) in [4.78, 5) is 12.3. The van der Waals surface area contributed by atoms with Gasteiger partial charge in [0.2, 0.25) is 0 Å². The zero-order chi connectivity index (χ0) is 22.3. The van der Waals surface area contributed by atoms with Gasteiger partial charge in [-0.25, -0.2) is 14.4 Å². The molecule has 2 aliphatic rings. The van der Waals surface area contributed by atoms with E-state index in [1.165, 1.54) is 12.1 Å². The molecule has 166 valence electrons. The smallest absolute Gasteiger partial charge is 0.177 e. The lowest BCUT2D eigenvalue weighted by Gasteiger charge is -2.28. The first kappa shape index (κ1) is 21.3. The summed E-state index contributed by atoms with van der Waals surface area (Å²) < 4.78 is 32.2.